The minimum atomic E-state index is -0.332. The lowest BCUT2D eigenvalue weighted by molar-refractivity contribution is -0.126. The van der Waals surface area contributed by atoms with E-state index in [1.165, 1.54) is 12.1 Å². The monoisotopic (exact) mass is 375 g/mol. The lowest BCUT2D eigenvalue weighted by Gasteiger charge is -2.32. The SMILES string of the molecule is O=C(NC1CC1)C1CCN(C(=O)NC2CCCOc3ccc(F)cc32)CC1. The molecule has 3 amide bonds. The first-order chi connectivity index (χ1) is 13.1. The van der Waals surface area contributed by atoms with Gasteiger partial charge in [0.15, 0.2) is 0 Å². The number of piperidine rings is 1. The summed E-state index contributed by atoms with van der Waals surface area (Å²) in [6.45, 7) is 1.69. The number of nitrogens with one attached hydrogen (secondary N) is 2. The van der Waals surface area contributed by atoms with Crippen LogP contribution in [0.25, 0.3) is 0 Å². The molecule has 2 N–H and O–H groups in total. The van der Waals surface area contributed by atoms with Crippen molar-refractivity contribution in [3.8, 4) is 5.75 Å². The molecule has 1 aromatic rings. The average molecular weight is 375 g/mol. The van der Waals surface area contributed by atoms with Crippen LogP contribution in [0.5, 0.6) is 5.75 Å². The molecular formula is C20H26FN3O3. The van der Waals surface area contributed by atoms with E-state index in [1.54, 1.807) is 11.0 Å². The lowest BCUT2D eigenvalue weighted by Crippen LogP contribution is -2.47. The Morgan fingerprint density at radius 3 is 2.59 bits per heavy atom. The van der Waals surface area contributed by atoms with Crippen LogP contribution in [0.4, 0.5) is 9.18 Å². The number of ether oxygens (including phenoxy) is 1. The second-order valence-electron chi connectivity index (χ2n) is 7.72. The molecule has 1 saturated heterocycles. The van der Waals surface area contributed by atoms with Crippen LogP contribution in [0.2, 0.25) is 0 Å². The van der Waals surface area contributed by atoms with Gasteiger partial charge in [-0.15, -0.1) is 0 Å². The minimum Gasteiger partial charge on any atom is -0.493 e. The standard InChI is InChI=1S/C20H26FN3O3/c21-14-3-6-18-16(12-14)17(2-1-11-27-18)23-20(26)24-9-7-13(8-10-24)19(25)22-15-4-5-15/h3,6,12-13,15,17H,1-2,4-5,7-11H2,(H,22,25)(H,23,26). The van der Waals surface area contributed by atoms with Crippen LogP contribution in [0.1, 0.15) is 50.1 Å². The van der Waals surface area contributed by atoms with Crippen molar-refractivity contribution in [2.75, 3.05) is 19.7 Å². The van der Waals surface area contributed by atoms with E-state index in [2.05, 4.69) is 10.6 Å². The van der Waals surface area contributed by atoms with Gasteiger partial charge in [-0.25, -0.2) is 9.18 Å². The number of halogens is 1. The Balaban J connectivity index is 1.34. The molecule has 4 rings (SSSR count). The molecule has 2 fully saturated rings. The molecule has 1 atom stereocenters. The summed E-state index contributed by atoms with van der Waals surface area (Å²) >= 11 is 0. The summed E-state index contributed by atoms with van der Waals surface area (Å²) in [5.41, 5.74) is 0.694. The second-order valence-corrected chi connectivity index (χ2v) is 7.72. The van der Waals surface area contributed by atoms with Gasteiger partial charge in [0, 0.05) is 30.6 Å². The number of nitrogens with zero attached hydrogens (tertiary/aromatic N) is 1. The van der Waals surface area contributed by atoms with E-state index >= 15 is 0 Å². The number of fused-ring (bicyclic) bond motifs is 1. The average Bonchev–Trinajstić information content (AvgIpc) is 3.50. The number of rotatable bonds is 3. The van der Waals surface area contributed by atoms with E-state index < -0.39 is 0 Å². The number of benzene rings is 1. The summed E-state index contributed by atoms with van der Waals surface area (Å²) in [6, 6.07) is 4.40. The molecule has 146 valence electrons. The molecule has 7 heteroatoms. The van der Waals surface area contributed by atoms with Gasteiger partial charge in [0.1, 0.15) is 11.6 Å². The zero-order chi connectivity index (χ0) is 18.8. The van der Waals surface area contributed by atoms with Crippen molar-refractivity contribution < 1.29 is 18.7 Å². The van der Waals surface area contributed by atoms with Gasteiger partial charge in [-0.1, -0.05) is 0 Å². The molecule has 1 saturated carbocycles. The van der Waals surface area contributed by atoms with Crippen molar-refractivity contribution in [3.63, 3.8) is 0 Å². The zero-order valence-electron chi connectivity index (χ0n) is 15.4. The third kappa shape index (κ3) is 4.34. The summed E-state index contributed by atoms with van der Waals surface area (Å²) in [4.78, 5) is 26.6. The quantitative estimate of drug-likeness (QED) is 0.853. The van der Waals surface area contributed by atoms with Crippen LogP contribution < -0.4 is 15.4 Å². The Labute approximate surface area is 158 Å². The van der Waals surface area contributed by atoms with E-state index in [9.17, 15) is 14.0 Å². The Morgan fingerprint density at radius 2 is 1.85 bits per heavy atom. The summed E-state index contributed by atoms with van der Waals surface area (Å²) in [5.74, 6) is 0.425. The molecular weight excluding hydrogens is 349 g/mol. The van der Waals surface area contributed by atoms with Gasteiger partial charge in [-0.2, -0.15) is 0 Å². The molecule has 0 bridgehead atoms. The Bertz CT molecular complexity index is 714. The van der Waals surface area contributed by atoms with E-state index in [-0.39, 0.29) is 29.7 Å². The van der Waals surface area contributed by atoms with Gasteiger partial charge in [0.05, 0.1) is 12.6 Å². The van der Waals surface area contributed by atoms with Crippen LogP contribution in [0, 0.1) is 11.7 Å². The highest BCUT2D eigenvalue weighted by molar-refractivity contribution is 5.80. The van der Waals surface area contributed by atoms with Crippen LogP contribution in [0.15, 0.2) is 18.2 Å². The van der Waals surface area contributed by atoms with E-state index in [0.29, 0.717) is 56.3 Å². The van der Waals surface area contributed by atoms with E-state index in [4.69, 9.17) is 4.74 Å². The lowest BCUT2D eigenvalue weighted by atomic mass is 9.96. The van der Waals surface area contributed by atoms with E-state index in [1.807, 2.05) is 0 Å². The van der Waals surface area contributed by atoms with Crippen molar-refractivity contribution >= 4 is 11.9 Å². The number of carbonyl (C=O) groups excluding carboxylic acids is 2. The van der Waals surface area contributed by atoms with Crippen LogP contribution in [-0.4, -0.2) is 42.6 Å². The van der Waals surface area contributed by atoms with Gasteiger partial charge >= 0.3 is 6.03 Å². The number of hydrogen-bond acceptors (Lipinski definition) is 3. The highest BCUT2D eigenvalue weighted by Crippen LogP contribution is 2.32. The maximum atomic E-state index is 13.7. The van der Waals surface area contributed by atoms with Crippen LogP contribution in [0.3, 0.4) is 0 Å². The minimum absolute atomic E-state index is 0.00393. The fourth-order valence-electron chi connectivity index (χ4n) is 3.83. The molecule has 1 aliphatic carbocycles. The Hall–Kier alpha value is -2.31. The highest BCUT2D eigenvalue weighted by atomic mass is 19.1. The summed E-state index contributed by atoms with van der Waals surface area (Å²) < 4.78 is 19.4. The molecule has 0 radical (unpaired) electrons. The molecule has 1 aromatic carbocycles. The Kier molecular flexibility index (Phi) is 5.18. The first kappa shape index (κ1) is 18.1. The van der Waals surface area contributed by atoms with Gasteiger partial charge in [-0.3, -0.25) is 4.79 Å². The topological polar surface area (TPSA) is 70.7 Å². The van der Waals surface area contributed by atoms with Crippen molar-refractivity contribution in [1.29, 1.82) is 0 Å². The van der Waals surface area contributed by atoms with Gasteiger partial charge < -0.3 is 20.3 Å². The smallest absolute Gasteiger partial charge is 0.317 e. The van der Waals surface area contributed by atoms with E-state index in [0.717, 1.165) is 19.3 Å². The fourth-order valence-corrected chi connectivity index (χ4v) is 3.83. The van der Waals surface area contributed by atoms with Gasteiger partial charge in [-0.05, 0) is 56.7 Å². The van der Waals surface area contributed by atoms with Crippen LogP contribution >= 0.6 is 0 Å². The fraction of sp³-hybridized carbons (Fsp3) is 0.600. The van der Waals surface area contributed by atoms with Gasteiger partial charge in [0.25, 0.3) is 0 Å². The number of hydrogen-bond donors (Lipinski definition) is 2. The highest BCUT2D eigenvalue weighted by Gasteiger charge is 2.32. The third-order valence-corrected chi connectivity index (χ3v) is 5.62. The number of urea groups is 1. The molecule has 3 aliphatic rings. The molecule has 27 heavy (non-hydrogen) atoms. The predicted octanol–water partition coefficient (Wildman–Crippen LogP) is 2.74. The molecule has 0 aromatic heterocycles. The van der Waals surface area contributed by atoms with Crippen molar-refractivity contribution in [3.05, 3.63) is 29.6 Å². The van der Waals surface area contributed by atoms with Crippen molar-refractivity contribution in [2.24, 2.45) is 5.92 Å². The zero-order valence-corrected chi connectivity index (χ0v) is 15.4. The molecule has 2 heterocycles. The number of amides is 3. The summed E-state index contributed by atoms with van der Waals surface area (Å²) in [5, 5.41) is 6.09. The predicted molar refractivity (Wildman–Crippen MR) is 97.9 cm³/mol. The molecule has 0 spiro atoms. The largest absolute Gasteiger partial charge is 0.493 e. The number of likely N-dealkylation sites (tertiary alicyclic amines) is 1. The molecule has 1 unspecified atom stereocenters. The summed E-state index contributed by atoms with van der Waals surface area (Å²) in [6.07, 6.45) is 5.05. The maximum Gasteiger partial charge on any atom is 0.317 e. The number of carbonyl (C=O) groups is 2. The van der Waals surface area contributed by atoms with Crippen LogP contribution in [-0.2, 0) is 4.79 Å². The maximum absolute atomic E-state index is 13.7. The molecule has 2 aliphatic heterocycles. The second kappa shape index (κ2) is 7.74. The van der Waals surface area contributed by atoms with Gasteiger partial charge in [0.2, 0.25) is 5.91 Å². The normalized spacial score (nSPS) is 23.0. The van der Waals surface area contributed by atoms with Crippen molar-refractivity contribution in [2.45, 2.75) is 50.6 Å². The Morgan fingerprint density at radius 1 is 1.07 bits per heavy atom. The van der Waals surface area contributed by atoms with Crippen molar-refractivity contribution in [1.82, 2.24) is 15.5 Å². The first-order valence-corrected chi connectivity index (χ1v) is 9.88. The first-order valence-electron chi connectivity index (χ1n) is 9.88. The summed E-state index contributed by atoms with van der Waals surface area (Å²) in [7, 11) is 0. The third-order valence-electron chi connectivity index (χ3n) is 5.62. The molecule has 6 nitrogen and oxygen atoms in total.